The number of aliphatic hydroxyl groups excluding tert-OH is 1. The highest BCUT2D eigenvalue weighted by molar-refractivity contribution is 14.1. The van der Waals surface area contributed by atoms with E-state index in [0.29, 0.717) is 10.6 Å². The molecule has 0 saturated heterocycles. The standard InChI is InChI=1S/C10H12ClIO3S/c1-2-16(14,15)10(12)9(13)7-4-3-5-8(11)6-7/h3-6,9-10,13H,2H2,1H3. The van der Waals surface area contributed by atoms with Crippen LogP contribution in [0.3, 0.4) is 0 Å². The topological polar surface area (TPSA) is 54.4 Å². The molecule has 0 aliphatic carbocycles. The molecular weight excluding hydrogens is 363 g/mol. The van der Waals surface area contributed by atoms with Gasteiger partial charge in [0.2, 0.25) is 0 Å². The largest absolute Gasteiger partial charge is 0.386 e. The number of alkyl halides is 1. The zero-order chi connectivity index (χ0) is 12.3. The third-order valence-corrected chi connectivity index (χ3v) is 7.17. The van der Waals surface area contributed by atoms with Crippen molar-refractivity contribution < 1.29 is 13.5 Å². The van der Waals surface area contributed by atoms with Crippen molar-refractivity contribution in [3.63, 3.8) is 0 Å². The lowest BCUT2D eigenvalue weighted by Crippen LogP contribution is -2.24. The van der Waals surface area contributed by atoms with Crippen molar-refractivity contribution in [2.45, 2.75) is 16.3 Å². The molecule has 0 aliphatic rings. The van der Waals surface area contributed by atoms with Crippen LogP contribution in [-0.2, 0) is 9.84 Å². The minimum absolute atomic E-state index is 0.0121. The molecule has 0 aliphatic heterocycles. The lowest BCUT2D eigenvalue weighted by Gasteiger charge is -2.17. The van der Waals surface area contributed by atoms with Crippen LogP contribution in [0.15, 0.2) is 24.3 Å². The van der Waals surface area contributed by atoms with Gasteiger partial charge in [0.1, 0.15) is 9.36 Å². The molecule has 16 heavy (non-hydrogen) atoms. The first-order valence-corrected chi connectivity index (χ1v) is 8.01. The van der Waals surface area contributed by atoms with Crippen molar-refractivity contribution in [3.05, 3.63) is 34.9 Å². The first-order valence-electron chi connectivity index (χ1n) is 4.67. The first kappa shape index (κ1) is 14.2. The van der Waals surface area contributed by atoms with Crippen LogP contribution in [0, 0.1) is 0 Å². The molecule has 0 bridgehead atoms. The van der Waals surface area contributed by atoms with Gasteiger partial charge in [0.05, 0.1) is 0 Å². The molecule has 3 nitrogen and oxygen atoms in total. The molecule has 0 heterocycles. The van der Waals surface area contributed by atoms with Gasteiger partial charge in [-0.1, -0.05) is 53.2 Å². The Balaban J connectivity index is 2.99. The molecule has 2 unspecified atom stereocenters. The summed E-state index contributed by atoms with van der Waals surface area (Å²) < 4.78 is 22.3. The molecule has 2 atom stereocenters. The van der Waals surface area contributed by atoms with E-state index in [4.69, 9.17) is 11.6 Å². The van der Waals surface area contributed by atoms with E-state index in [1.807, 2.05) is 0 Å². The molecular formula is C10H12ClIO3S. The summed E-state index contributed by atoms with van der Waals surface area (Å²) in [5.41, 5.74) is 0.518. The van der Waals surface area contributed by atoms with Gasteiger partial charge >= 0.3 is 0 Å². The van der Waals surface area contributed by atoms with Crippen LogP contribution in [-0.4, -0.2) is 22.5 Å². The minimum Gasteiger partial charge on any atom is -0.386 e. The molecule has 0 saturated carbocycles. The Bertz CT molecular complexity index is 461. The van der Waals surface area contributed by atoms with Gasteiger partial charge < -0.3 is 5.11 Å². The third-order valence-electron chi connectivity index (χ3n) is 2.18. The molecule has 90 valence electrons. The second kappa shape index (κ2) is 5.66. The van der Waals surface area contributed by atoms with Crippen molar-refractivity contribution in [2.75, 3.05) is 5.75 Å². The predicted octanol–water partition coefficient (Wildman–Crippen LogP) is 2.57. The molecule has 0 amide bonds. The summed E-state index contributed by atoms with van der Waals surface area (Å²) in [6, 6.07) is 6.59. The van der Waals surface area contributed by atoms with Gasteiger partial charge in [0.25, 0.3) is 0 Å². The number of aliphatic hydroxyl groups is 1. The summed E-state index contributed by atoms with van der Waals surface area (Å²) in [5, 5.41) is 10.4. The molecule has 1 rings (SSSR count). The molecule has 1 aromatic carbocycles. The third kappa shape index (κ3) is 3.32. The average molecular weight is 375 g/mol. The van der Waals surface area contributed by atoms with Gasteiger partial charge in [-0.05, 0) is 17.7 Å². The summed E-state index contributed by atoms with van der Waals surface area (Å²) >= 11 is 7.52. The number of hydrogen-bond acceptors (Lipinski definition) is 3. The Morgan fingerprint density at radius 2 is 2.12 bits per heavy atom. The number of rotatable bonds is 4. The van der Waals surface area contributed by atoms with Crippen LogP contribution >= 0.6 is 34.2 Å². The minimum atomic E-state index is -3.26. The molecule has 0 aromatic heterocycles. The van der Waals surface area contributed by atoms with E-state index in [9.17, 15) is 13.5 Å². The first-order chi connectivity index (χ1) is 7.38. The van der Waals surface area contributed by atoms with Crippen molar-refractivity contribution in [1.82, 2.24) is 0 Å². The Kier molecular flexibility index (Phi) is 5.03. The van der Waals surface area contributed by atoms with Crippen LogP contribution in [0.2, 0.25) is 5.02 Å². The lowest BCUT2D eigenvalue weighted by atomic mass is 10.1. The van der Waals surface area contributed by atoms with Crippen LogP contribution in [0.25, 0.3) is 0 Å². The zero-order valence-electron chi connectivity index (χ0n) is 8.60. The van der Waals surface area contributed by atoms with Gasteiger partial charge in [0.15, 0.2) is 9.84 Å². The van der Waals surface area contributed by atoms with Gasteiger partial charge in [-0.15, -0.1) is 0 Å². The second-order valence-electron chi connectivity index (χ2n) is 3.30. The number of sulfone groups is 1. The smallest absolute Gasteiger partial charge is 0.164 e. The summed E-state index contributed by atoms with van der Waals surface area (Å²) in [6.07, 6.45) is -1.05. The predicted molar refractivity (Wildman–Crippen MR) is 73.7 cm³/mol. The molecule has 0 radical (unpaired) electrons. The lowest BCUT2D eigenvalue weighted by molar-refractivity contribution is 0.197. The van der Waals surface area contributed by atoms with Crippen LogP contribution in [0.1, 0.15) is 18.6 Å². The molecule has 1 N–H and O–H groups in total. The van der Waals surface area contributed by atoms with Crippen molar-refractivity contribution >= 4 is 44.0 Å². The van der Waals surface area contributed by atoms with Gasteiger partial charge in [-0.25, -0.2) is 8.42 Å². The summed E-state index contributed by atoms with van der Waals surface area (Å²) in [4.78, 5) is 0. The fraction of sp³-hybridized carbons (Fsp3) is 0.400. The number of hydrogen-bond donors (Lipinski definition) is 1. The van der Waals surface area contributed by atoms with E-state index >= 15 is 0 Å². The normalized spacial score (nSPS) is 15.8. The van der Waals surface area contributed by atoms with Crippen LogP contribution in [0.5, 0.6) is 0 Å². The Morgan fingerprint density at radius 3 is 2.62 bits per heavy atom. The van der Waals surface area contributed by atoms with E-state index < -0.39 is 19.2 Å². The number of benzene rings is 1. The fourth-order valence-corrected chi connectivity index (χ4v) is 3.76. The maximum absolute atomic E-state index is 11.6. The Hall–Kier alpha value is 0.150. The summed E-state index contributed by atoms with van der Waals surface area (Å²) in [5.74, 6) is 0.0121. The SMILES string of the molecule is CCS(=O)(=O)C(I)C(O)c1cccc(Cl)c1. The molecule has 1 aromatic rings. The van der Waals surface area contributed by atoms with Crippen molar-refractivity contribution in [3.8, 4) is 0 Å². The van der Waals surface area contributed by atoms with Gasteiger partial charge in [-0.2, -0.15) is 0 Å². The highest BCUT2D eigenvalue weighted by Gasteiger charge is 2.29. The maximum atomic E-state index is 11.6. The maximum Gasteiger partial charge on any atom is 0.164 e. The fourth-order valence-electron chi connectivity index (χ4n) is 1.20. The van der Waals surface area contributed by atoms with Gasteiger partial charge in [0, 0.05) is 10.8 Å². The average Bonchev–Trinajstić information content (AvgIpc) is 2.27. The Labute approximate surface area is 114 Å². The van der Waals surface area contributed by atoms with Gasteiger partial charge in [-0.3, -0.25) is 0 Å². The summed E-state index contributed by atoms with van der Waals surface area (Å²) in [7, 11) is -3.26. The molecule has 0 fully saturated rings. The van der Waals surface area contributed by atoms with E-state index in [-0.39, 0.29) is 5.75 Å². The van der Waals surface area contributed by atoms with Crippen molar-refractivity contribution in [2.24, 2.45) is 0 Å². The van der Waals surface area contributed by atoms with E-state index in [1.165, 1.54) is 0 Å². The van der Waals surface area contributed by atoms with E-state index in [1.54, 1.807) is 53.8 Å². The highest BCUT2D eigenvalue weighted by Crippen LogP contribution is 2.28. The molecule has 0 spiro atoms. The van der Waals surface area contributed by atoms with Crippen molar-refractivity contribution in [1.29, 1.82) is 0 Å². The molecule has 6 heteroatoms. The second-order valence-corrected chi connectivity index (χ2v) is 8.34. The quantitative estimate of drug-likeness (QED) is 0.651. The zero-order valence-corrected chi connectivity index (χ0v) is 12.3. The monoisotopic (exact) mass is 374 g/mol. The van der Waals surface area contributed by atoms with Crippen LogP contribution in [0.4, 0.5) is 0 Å². The van der Waals surface area contributed by atoms with E-state index in [0.717, 1.165) is 0 Å². The highest BCUT2D eigenvalue weighted by atomic mass is 127. The Morgan fingerprint density at radius 1 is 1.50 bits per heavy atom. The summed E-state index contributed by atoms with van der Waals surface area (Å²) in [6.45, 7) is 1.56. The van der Waals surface area contributed by atoms with E-state index in [2.05, 4.69) is 0 Å². The van der Waals surface area contributed by atoms with Crippen LogP contribution < -0.4 is 0 Å². The number of halogens is 2.